The Hall–Kier alpha value is -2.81. The average molecular weight is 637 g/mol. The van der Waals surface area contributed by atoms with Gasteiger partial charge in [-0.3, -0.25) is 4.79 Å². The molecule has 0 aliphatic rings. The van der Waals surface area contributed by atoms with E-state index in [1.165, 1.54) is 0 Å². The van der Waals surface area contributed by atoms with Crippen molar-refractivity contribution in [3.63, 3.8) is 0 Å². The summed E-state index contributed by atoms with van der Waals surface area (Å²) in [5.74, 6) is -0.0226. The number of ketones is 1. The molecule has 0 atom stereocenters. The average Bonchev–Trinajstić information content (AvgIpc) is 3.50. The van der Waals surface area contributed by atoms with E-state index < -0.39 is 0 Å². The van der Waals surface area contributed by atoms with Crippen molar-refractivity contribution in [3.05, 3.63) is 115 Å². The summed E-state index contributed by atoms with van der Waals surface area (Å²) in [4.78, 5) is 19.8. The summed E-state index contributed by atoms with van der Waals surface area (Å²) in [6.07, 6.45) is 3.41. The number of carbonyl (C=O) groups is 1. The number of hydrogen-bond acceptors (Lipinski definition) is 2. The van der Waals surface area contributed by atoms with E-state index >= 15 is 0 Å². The van der Waals surface area contributed by atoms with Gasteiger partial charge in [-0.05, 0) is 11.8 Å². The van der Waals surface area contributed by atoms with Gasteiger partial charge in [-0.15, -0.1) is 35.9 Å². The van der Waals surface area contributed by atoms with Crippen LogP contribution in [0, 0.1) is 6.07 Å². The van der Waals surface area contributed by atoms with Crippen LogP contribution < -0.4 is 4.98 Å². The molecule has 0 fully saturated rings. The molecule has 0 amide bonds. The van der Waals surface area contributed by atoms with E-state index in [0.717, 1.165) is 11.3 Å². The summed E-state index contributed by atoms with van der Waals surface area (Å²) in [5, 5.41) is 0. The molecule has 1 radical (unpaired) electrons. The molecular weight excluding hydrogens is 597 g/mol. The minimum absolute atomic E-state index is 0. The zero-order valence-corrected chi connectivity index (χ0v) is 24.3. The Balaban J connectivity index is -0.000000429. The first-order valence-electron chi connectivity index (χ1n) is 11.9. The van der Waals surface area contributed by atoms with E-state index in [1.807, 2.05) is 116 Å². The zero-order chi connectivity index (χ0) is 25.3. The van der Waals surface area contributed by atoms with Crippen molar-refractivity contribution in [3.8, 4) is 11.3 Å². The number of hydrogen-bond donors (Lipinski definition) is 0. The van der Waals surface area contributed by atoms with Gasteiger partial charge in [-0.25, -0.2) is 0 Å². The first kappa shape index (κ1) is 35.8. The minimum atomic E-state index is -0.0226. The van der Waals surface area contributed by atoms with Crippen LogP contribution in [-0.2, 0) is 20.1 Å². The number of carbonyl (C=O) groups excluding carboxylic acids is 1. The molecule has 0 N–H and O–H groups in total. The van der Waals surface area contributed by atoms with Gasteiger partial charge >= 0.3 is 0 Å². The van der Waals surface area contributed by atoms with Crippen molar-refractivity contribution in [1.82, 2.24) is 9.97 Å². The number of pyridine rings is 1. The third kappa shape index (κ3) is 14.4. The number of benzene rings is 2. The van der Waals surface area contributed by atoms with Gasteiger partial charge in [0.25, 0.3) is 0 Å². The molecule has 4 rings (SSSR count). The van der Waals surface area contributed by atoms with Gasteiger partial charge in [0.1, 0.15) is 0 Å². The number of rotatable bonds is 3. The molecule has 187 valence electrons. The summed E-state index contributed by atoms with van der Waals surface area (Å²) < 4.78 is 0. The van der Waals surface area contributed by atoms with E-state index in [1.54, 1.807) is 36.7 Å². The van der Waals surface area contributed by atoms with Crippen LogP contribution in [0.5, 0.6) is 0 Å². The predicted octanol–water partition coefficient (Wildman–Crippen LogP) is 8.53. The van der Waals surface area contributed by atoms with Crippen molar-refractivity contribution < 1.29 is 24.9 Å². The third-order valence-electron chi connectivity index (χ3n) is 3.47. The topological polar surface area (TPSA) is 44.1 Å². The maximum Gasteiger partial charge on any atom is 0.171 e. The summed E-state index contributed by atoms with van der Waals surface area (Å²) in [7, 11) is 0. The summed E-state index contributed by atoms with van der Waals surface area (Å²) in [5.41, 5.74) is 3.20. The molecule has 3 nitrogen and oxygen atoms in total. The largest absolute Gasteiger partial charge is 0.661 e. The van der Waals surface area contributed by atoms with Gasteiger partial charge in [0.05, 0.1) is 0 Å². The van der Waals surface area contributed by atoms with Gasteiger partial charge < -0.3 is 9.97 Å². The molecule has 0 saturated heterocycles. The quantitative estimate of drug-likeness (QED) is 0.167. The Morgan fingerprint density at radius 2 is 1.29 bits per heavy atom. The molecule has 0 bridgehead atoms. The SMILES string of the molecule is CC.CC.CC.CC.O=C(c1ccccc1)c1ccc[n-]1.[Ir].[c-]1ccccc1-c1ccccn1. The Kier molecular flexibility index (Phi) is 27.8. The van der Waals surface area contributed by atoms with Crippen LogP contribution >= 0.6 is 0 Å². The summed E-state index contributed by atoms with van der Waals surface area (Å²) in [6, 6.07) is 29.4. The number of nitrogens with zero attached hydrogens (tertiary/aromatic N) is 2. The molecule has 0 aliphatic heterocycles. The van der Waals surface area contributed by atoms with Gasteiger partial charge in [0, 0.05) is 31.9 Å². The van der Waals surface area contributed by atoms with Crippen molar-refractivity contribution in [2.75, 3.05) is 0 Å². The van der Waals surface area contributed by atoms with Crippen LogP contribution in [0.4, 0.5) is 0 Å². The molecule has 2 aromatic carbocycles. The minimum Gasteiger partial charge on any atom is -0.661 e. The zero-order valence-electron chi connectivity index (χ0n) is 21.9. The van der Waals surface area contributed by atoms with Crippen LogP contribution in [-0.4, -0.2) is 10.8 Å². The standard InChI is InChI=1S/C11H9NO.C11H8N.4C2H6.Ir/c13-11(10-7-4-8-12-10)9-5-2-1-3-6-9;1-2-6-10(7-3-1)11-8-4-5-9-12-11;4*1-2;/h1-8H,(H,12,13);1-6,8-9H;4*1-2H3;/q;-1;;;;;/p-1. The summed E-state index contributed by atoms with van der Waals surface area (Å²) in [6.45, 7) is 16.0. The van der Waals surface area contributed by atoms with E-state index in [2.05, 4.69) is 16.0 Å². The molecule has 0 aliphatic carbocycles. The van der Waals surface area contributed by atoms with Crippen LogP contribution in [0.2, 0.25) is 0 Å². The Morgan fingerprint density at radius 1 is 0.706 bits per heavy atom. The molecule has 34 heavy (non-hydrogen) atoms. The second-order valence-electron chi connectivity index (χ2n) is 5.21. The number of aromatic nitrogens is 2. The normalized spacial score (nSPS) is 7.88. The van der Waals surface area contributed by atoms with E-state index in [0.29, 0.717) is 11.3 Å². The van der Waals surface area contributed by atoms with Gasteiger partial charge in [0.15, 0.2) is 5.78 Å². The van der Waals surface area contributed by atoms with Gasteiger partial charge in [-0.1, -0.05) is 116 Å². The first-order valence-corrected chi connectivity index (χ1v) is 11.9. The molecule has 4 aromatic rings. The second kappa shape index (κ2) is 26.4. The Labute approximate surface area is 221 Å². The monoisotopic (exact) mass is 637 g/mol. The van der Waals surface area contributed by atoms with Crippen molar-refractivity contribution in [2.45, 2.75) is 55.4 Å². The van der Waals surface area contributed by atoms with E-state index in [4.69, 9.17) is 0 Å². The van der Waals surface area contributed by atoms with Gasteiger partial charge in [-0.2, -0.15) is 6.20 Å². The maximum atomic E-state index is 11.6. The molecule has 0 spiro atoms. The molecule has 0 unspecified atom stereocenters. The fourth-order valence-corrected chi connectivity index (χ4v) is 2.25. The molecule has 4 heteroatoms. The molecule has 2 aromatic heterocycles. The van der Waals surface area contributed by atoms with Gasteiger partial charge in [0.2, 0.25) is 0 Å². The fraction of sp³-hybridized carbons (Fsp3) is 0.267. The second-order valence-corrected chi connectivity index (χ2v) is 5.21. The molecular formula is C30H40IrN2O-2. The fourth-order valence-electron chi connectivity index (χ4n) is 2.25. The van der Waals surface area contributed by atoms with Crippen molar-refractivity contribution >= 4 is 5.78 Å². The third-order valence-corrected chi connectivity index (χ3v) is 3.47. The van der Waals surface area contributed by atoms with Crippen LogP contribution in [0.3, 0.4) is 0 Å². The predicted molar refractivity (Wildman–Crippen MR) is 144 cm³/mol. The van der Waals surface area contributed by atoms with Crippen LogP contribution in [0.1, 0.15) is 71.4 Å². The van der Waals surface area contributed by atoms with Crippen LogP contribution in [0.25, 0.3) is 11.3 Å². The molecule has 0 saturated carbocycles. The smallest absolute Gasteiger partial charge is 0.171 e. The van der Waals surface area contributed by atoms with E-state index in [9.17, 15) is 4.79 Å². The van der Waals surface area contributed by atoms with Crippen molar-refractivity contribution in [2.24, 2.45) is 0 Å². The maximum absolute atomic E-state index is 11.6. The summed E-state index contributed by atoms with van der Waals surface area (Å²) >= 11 is 0. The Bertz CT molecular complexity index is 857. The van der Waals surface area contributed by atoms with E-state index in [-0.39, 0.29) is 25.9 Å². The molecule has 2 heterocycles. The Morgan fingerprint density at radius 3 is 1.76 bits per heavy atom. The van der Waals surface area contributed by atoms with Crippen LogP contribution in [0.15, 0.2) is 97.3 Å². The van der Waals surface area contributed by atoms with Crippen molar-refractivity contribution in [1.29, 1.82) is 0 Å². The first-order chi connectivity index (χ1) is 16.3.